The van der Waals surface area contributed by atoms with Gasteiger partial charge in [-0.1, -0.05) is 6.07 Å². The number of nitrogens with zero attached hydrogens (tertiary/aromatic N) is 2. The highest BCUT2D eigenvalue weighted by Crippen LogP contribution is 2.35. The fourth-order valence-corrected chi connectivity index (χ4v) is 4.01. The molecule has 9 heteroatoms. The molecule has 1 atom stereocenters. The molecule has 33 heavy (non-hydrogen) atoms. The van der Waals surface area contributed by atoms with Crippen LogP contribution >= 0.6 is 0 Å². The molecule has 1 N–H and O–H groups in total. The van der Waals surface area contributed by atoms with Crippen LogP contribution < -0.4 is 5.32 Å². The Morgan fingerprint density at radius 2 is 1.82 bits per heavy atom. The number of amides is 2. The molecule has 0 spiro atoms. The third-order valence-electron chi connectivity index (χ3n) is 5.62. The predicted molar refractivity (Wildman–Crippen MR) is 113 cm³/mol. The Morgan fingerprint density at radius 3 is 2.61 bits per heavy atom. The zero-order valence-electron chi connectivity index (χ0n) is 17.1. The van der Waals surface area contributed by atoms with E-state index in [1.165, 1.54) is 23.1 Å². The van der Waals surface area contributed by atoms with Gasteiger partial charge in [-0.3, -0.25) is 0 Å². The lowest BCUT2D eigenvalue weighted by Gasteiger charge is -2.22. The first kappa shape index (κ1) is 21.0. The number of oxazole rings is 1. The summed E-state index contributed by atoms with van der Waals surface area (Å²) in [6.45, 7) is 0.435. The molecule has 2 heterocycles. The maximum atomic E-state index is 14.2. The normalized spacial score (nSPS) is 15.9. The number of aromatic nitrogens is 1. The highest BCUT2D eigenvalue weighted by molar-refractivity contribution is 5.90. The summed E-state index contributed by atoms with van der Waals surface area (Å²) < 4.78 is 59.9. The fourth-order valence-electron chi connectivity index (χ4n) is 4.01. The van der Waals surface area contributed by atoms with Gasteiger partial charge in [0, 0.05) is 29.9 Å². The van der Waals surface area contributed by atoms with Crippen molar-refractivity contribution in [3.05, 3.63) is 83.8 Å². The molecule has 5 rings (SSSR count). The van der Waals surface area contributed by atoms with Crippen molar-refractivity contribution < 1.29 is 26.8 Å². The minimum atomic E-state index is -1.06. The molecular weight excluding hydrogens is 438 g/mol. The molecule has 1 saturated heterocycles. The van der Waals surface area contributed by atoms with Crippen LogP contribution in [0.5, 0.6) is 0 Å². The summed E-state index contributed by atoms with van der Waals surface area (Å²) in [5.41, 5.74) is 1.81. The number of rotatable bonds is 3. The van der Waals surface area contributed by atoms with Crippen molar-refractivity contribution in [2.24, 2.45) is 0 Å². The van der Waals surface area contributed by atoms with E-state index in [9.17, 15) is 22.4 Å². The minimum absolute atomic E-state index is 0.132. The number of nitrogens with one attached hydrogen (secondary N) is 1. The van der Waals surface area contributed by atoms with E-state index in [-0.39, 0.29) is 11.3 Å². The highest BCUT2D eigenvalue weighted by Gasteiger charge is 2.34. The number of hydrogen-bond donors (Lipinski definition) is 1. The van der Waals surface area contributed by atoms with E-state index in [2.05, 4.69) is 10.3 Å². The first-order valence-corrected chi connectivity index (χ1v) is 10.3. The molecule has 1 aliphatic rings. The summed E-state index contributed by atoms with van der Waals surface area (Å²) in [7, 11) is 0. The second-order valence-corrected chi connectivity index (χ2v) is 7.77. The lowest BCUT2D eigenvalue weighted by molar-refractivity contribution is 0.199. The Hall–Kier alpha value is -3.88. The molecule has 5 nitrogen and oxygen atoms in total. The van der Waals surface area contributed by atoms with Gasteiger partial charge >= 0.3 is 6.03 Å². The van der Waals surface area contributed by atoms with E-state index in [4.69, 9.17) is 4.42 Å². The maximum Gasteiger partial charge on any atom is 0.322 e. The molecular formula is C24H17F4N3O2. The molecule has 0 bridgehead atoms. The van der Waals surface area contributed by atoms with E-state index in [0.717, 1.165) is 18.2 Å². The third-order valence-corrected chi connectivity index (χ3v) is 5.62. The van der Waals surface area contributed by atoms with Crippen molar-refractivity contribution in [3.8, 4) is 11.1 Å². The topological polar surface area (TPSA) is 58.4 Å². The number of fused-ring (bicyclic) bond motifs is 1. The number of likely N-dealkylation sites (tertiary alicyclic amines) is 1. The molecule has 1 aromatic heterocycles. The average molecular weight is 455 g/mol. The first-order valence-electron chi connectivity index (χ1n) is 10.3. The fraction of sp³-hybridized carbons (Fsp3) is 0.167. The summed E-state index contributed by atoms with van der Waals surface area (Å²) in [5, 5.41) is 2.57. The number of carbonyl (C=O) groups excluding carboxylic acids is 1. The predicted octanol–water partition coefficient (Wildman–Crippen LogP) is 6.42. The third kappa shape index (κ3) is 4.02. The van der Waals surface area contributed by atoms with E-state index >= 15 is 0 Å². The molecule has 1 fully saturated rings. The molecule has 2 amide bonds. The largest absolute Gasteiger partial charge is 0.438 e. The molecule has 0 aliphatic carbocycles. The molecule has 0 saturated carbocycles. The van der Waals surface area contributed by atoms with Gasteiger partial charge in [-0.15, -0.1) is 0 Å². The molecule has 168 valence electrons. The number of benzene rings is 3. The van der Waals surface area contributed by atoms with Gasteiger partial charge in [-0.05, 0) is 54.8 Å². The quantitative estimate of drug-likeness (QED) is 0.363. The average Bonchev–Trinajstić information content (AvgIpc) is 3.42. The number of carbonyl (C=O) groups is 1. The van der Waals surface area contributed by atoms with Crippen LogP contribution in [0.15, 0.2) is 59.0 Å². The number of halogens is 4. The van der Waals surface area contributed by atoms with Crippen molar-refractivity contribution in [2.75, 3.05) is 11.9 Å². The lowest BCUT2D eigenvalue weighted by Crippen LogP contribution is -2.34. The molecule has 1 aliphatic heterocycles. The highest BCUT2D eigenvalue weighted by atomic mass is 19.2. The van der Waals surface area contributed by atoms with Crippen molar-refractivity contribution in [3.63, 3.8) is 0 Å². The van der Waals surface area contributed by atoms with Crippen LogP contribution in [-0.2, 0) is 0 Å². The monoisotopic (exact) mass is 455 g/mol. The standard InChI is InChI=1S/C24H17F4N3O2/c25-14-4-6-16(18(27)11-14)13-3-8-22-20(10-13)30-23(33-22)21-2-1-9-31(21)24(32)29-15-5-7-17(26)19(28)12-15/h3-8,10-12,21H,1-2,9H2,(H,29,32). The number of hydrogen-bond acceptors (Lipinski definition) is 3. The van der Waals surface area contributed by atoms with Crippen LogP contribution in [0.2, 0.25) is 0 Å². The van der Waals surface area contributed by atoms with Crippen molar-refractivity contribution in [2.45, 2.75) is 18.9 Å². The maximum absolute atomic E-state index is 14.2. The van der Waals surface area contributed by atoms with E-state index in [1.54, 1.807) is 18.2 Å². The minimum Gasteiger partial charge on any atom is -0.438 e. The number of anilines is 1. The summed E-state index contributed by atoms with van der Waals surface area (Å²) in [5.74, 6) is -3.09. The molecule has 1 unspecified atom stereocenters. The van der Waals surface area contributed by atoms with Crippen LogP contribution in [0.25, 0.3) is 22.2 Å². The lowest BCUT2D eigenvalue weighted by atomic mass is 10.0. The van der Waals surface area contributed by atoms with Gasteiger partial charge in [-0.25, -0.2) is 27.3 Å². The summed E-state index contributed by atoms with van der Waals surface area (Å²) in [6, 6.07) is 10.5. The summed E-state index contributed by atoms with van der Waals surface area (Å²) in [4.78, 5) is 18.8. The summed E-state index contributed by atoms with van der Waals surface area (Å²) in [6.07, 6.45) is 1.32. The second kappa shape index (κ2) is 8.23. The van der Waals surface area contributed by atoms with Crippen molar-refractivity contribution in [1.82, 2.24) is 9.88 Å². The van der Waals surface area contributed by atoms with E-state index in [0.29, 0.717) is 41.9 Å². The Morgan fingerprint density at radius 1 is 0.970 bits per heavy atom. The van der Waals surface area contributed by atoms with Gasteiger partial charge in [0.25, 0.3) is 0 Å². The van der Waals surface area contributed by atoms with E-state index < -0.39 is 35.3 Å². The smallest absolute Gasteiger partial charge is 0.322 e. The van der Waals surface area contributed by atoms with Crippen LogP contribution in [-0.4, -0.2) is 22.5 Å². The van der Waals surface area contributed by atoms with Crippen molar-refractivity contribution >= 4 is 22.8 Å². The van der Waals surface area contributed by atoms with Gasteiger partial charge in [0.05, 0.1) is 0 Å². The van der Waals surface area contributed by atoms with Crippen LogP contribution in [0.3, 0.4) is 0 Å². The van der Waals surface area contributed by atoms with Gasteiger partial charge in [0.1, 0.15) is 23.2 Å². The molecule has 0 radical (unpaired) electrons. The zero-order chi connectivity index (χ0) is 23.1. The first-order chi connectivity index (χ1) is 15.9. The molecule has 4 aromatic rings. The zero-order valence-corrected chi connectivity index (χ0v) is 17.1. The number of urea groups is 1. The Kier molecular flexibility index (Phi) is 5.24. The van der Waals surface area contributed by atoms with Gasteiger partial charge in [-0.2, -0.15) is 0 Å². The van der Waals surface area contributed by atoms with E-state index in [1.807, 2.05) is 0 Å². The van der Waals surface area contributed by atoms with Gasteiger partial charge in [0.2, 0.25) is 5.89 Å². The SMILES string of the molecule is O=C(Nc1ccc(F)c(F)c1)N1CCCC1c1nc2cc(-c3ccc(F)cc3F)ccc2o1. The molecule has 3 aromatic carbocycles. The Balaban J connectivity index is 1.40. The van der Waals surface area contributed by atoms with Crippen LogP contribution in [0.1, 0.15) is 24.8 Å². The van der Waals surface area contributed by atoms with Crippen molar-refractivity contribution in [1.29, 1.82) is 0 Å². The van der Waals surface area contributed by atoms with Crippen LogP contribution in [0.4, 0.5) is 28.0 Å². The Labute approximate surface area is 185 Å². The van der Waals surface area contributed by atoms with Crippen LogP contribution in [0, 0.1) is 23.3 Å². The summed E-state index contributed by atoms with van der Waals surface area (Å²) >= 11 is 0. The van der Waals surface area contributed by atoms with Gasteiger partial charge < -0.3 is 14.6 Å². The Bertz CT molecular complexity index is 1370. The van der Waals surface area contributed by atoms with Gasteiger partial charge in [0.15, 0.2) is 17.2 Å². The second-order valence-electron chi connectivity index (χ2n) is 7.77.